The highest BCUT2D eigenvalue weighted by Crippen LogP contribution is 2.05. The van der Waals surface area contributed by atoms with Crippen molar-refractivity contribution in [1.29, 1.82) is 0 Å². The minimum atomic E-state index is -0.411. The van der Waals surface area contributed by atoms with Crippen molar-refractivity contribution in [3.05, 3.63) is 18.0 Å². The Kier molecular flexibility index (Phi) is 5.15. The summed E-state index contributed by atoms with van der Waals surface area (Å²) in [6.45, 7) is 4.63. The molecule has 0 unspecified atom stereocenters. The number of amides is 1. The van der Waals surface area contributed by atoms with Gasteiger partial charge in [0.15, 0.2) is 0 Å². The molecule has 1 rings (SSSR count). The van der Waals surface area contributed by atoms with Gasteiger partial charge in [0.05, 0.1) is 6.04 Å². The molecule has 0 spiro atoms. The Hall–Kier alpha value is -1.36. The number of rotatable bonds is 6. The molecule has 1 amide bonds. The maximum atomic E-state index is 11.7. The van der Waals surface area contributed by atoms with Crippen molar-refractivity contribution in [2.75, 3.05) is 6.54 Å². The van der Waals surface area contributed by atoms with Crippen LogP contribution in [0, 0.1) is 5.92 Å². The lowest BCUT2D eigenvalue weighted by Crippen LogP contribution is -2.45. The van der Waals surface area contributed by atoms with Crippen LogP contribution in [0.2, 0.25) is 0 Å². The normalized spacial score (nSPS) is 14.4. The molecule has 5 nitrogen and oxygen atoms in total. The molecule has 0 saturated carbocycles. The molecule has 1 aromatic rings. The van der Waals surface area contributed by atoms with Crippen molar-refractivity contribution in [1.82, 2.24) is 15.1 Å². The number of hydrogen-bond donors (Lipinski definition) is 2. The van der Waals surface area contributed by atoms with E-state index in [0.717, 1.165) is 18.5 Å². The van der Waals surface area contributed by atoms with Gasteiger partial charge < -0.3 is 11.1 Å². The van der Waals surface area contributed by atoms with Gasteiger partial charge >= 0.3 is 0 Å². The third kappa shape index (κ3) is 3.85. The lowest BCUT2D eigenvalue weighted by Gasteiger charge is -2.17. The minimum absolute atomic E-state index is 0.0680. The molecule has 5 heteroatoms. The van der Waals surface area contributed by atoms with E-state index in [1.807, 2.05) is 27.0 Å². The molecule has 17 heavy (non-hydrogen) atoms. The van der Waals surface area contributed by atoms with Crippen molar-refractivity contribution in [3.63, 3.8) is 0 Å². The number of carbonyl (C=O) groups is 1. The van der Waals surface area contributed by atoms with E-state index in [9.17, 15) is 4.79 Å². The molecule has 96 valence electrons. The number of aryl methyl sites for hydroxylation is 1. The van der Waals surface area contributed by atoms with E-state index in [-0.39, 0.29) is 11.8 Å². The van der Waals surface area contributed by atoms with Gasteiger partial charge in [-0.15, -0.1) is 0 Å². The number of nitrogens with one attached hydrogen (secondary N) is 1. The topological polar surface area (TPSA) is 72.9 Å². The van der Waals surface area contributed by atoms with Gasteiger partial charge in [0.1, 0.15) is 0 Å². The molecule has 0 aliphatic heterocycles. The number of carbonyl (C=O) groups excluding carboxylic acids is 1. The maximum absolute atomic E-state index is 11.7. The Labute approximate surface area is 102 Å². The molecule has 0 aromatic carbocycles. The quantitative estimate of drug-likeness (QED) is 0.756. The van der Waals surface area contributed by atoms with Crippen LogP contribution in [0.15, 0.2) is 12.3 Å². The average molecular weight is 238 g/mol. The first kappa shape index (κ1) is 13.7. The first-order valence-corrected chi connectivity index (χ1v) is 6.06. The van der Waals surface area contributed by atoms with Crippen molar-refractivity contribution < 1.29 is 4.79 Å². The zero-order chi connectivity index (χ0) is 12.8. The summed E-state index contributed by atoms with van der Waals surface area (Å²) in [5, 5.41) is 6.93. The van der Waals surface area contributed by atoms with Gasteiger partial charge in [-0.1, -0.05) is 20.3 Å². The fourth-order valence-corrected chi connectivity index (χ4v) is 1.59. The molecule has 0 aliphatic rings. The molecule has 2 atom stereocenters. The Bertz CT molecular complexity index is 361. The van der Waals surface area contributed by atoms with Crippen molar-refractivity contribution >= 4 is 5.91 Å². The number of nitrogens with zero attached hydrogens (tertiary/aromatic N) is 2. The predicted molar refractivity (Wildman–Crippen MR) is 67.4 cm³/mol. The summed E-state index contributed by atoms with van der Waals surface area (Å²) >= 11 is 0. The van der Waals surface area contributed by atoms with Gasteiger partial charge in [-0.25, -0.2) is 0 Å². The first-order valence-electron chi connectivity index (χ1n) is 6.06. The molecule has 1 heterocycles. The Morgan fingerprint density at radius 1 is 1.65 bits per heavy atom. The monoisotopic (exact) mass is 238 g/mol. The van der Waals surface area contributed by atoms with Crippen molar-refractivity contribution in [3.8, 4) is 0 Å². The number of hydrogen-bond acceptors (Lipinski definition) is 3. The zero-order valence-corrected chi connectivity index (χ0v) is 10.8. The van der Waals surface area contributed by atoms with Crippen LogP contribution >= 0.6 is 0 Å². The Morgan fingerprint density at radius 3 is 2.88 bits per heavy atom. The lowest BCUT2D eigenvalue weighted by atomic mass is 9.99. The third-order valence-electron chi connectivity index (χ3n) is 3.16. The molecule has 0 fully saturated rings. The molecule has 0 bridgehead atoms. The molecule has 3 N–H and O–H groups in total. The summed E-state index contributed by atoms with van der Waals surface area (Å²) in [4.78, 5) is 11.7. The van der Waals surface area contributed by atoms with Crippen LogP contribution in [0.1, 0.15) is 26.0 Å². The minimum Gasteiger partial charge on any atom is -0.354 e. The summed E-state index contributed by atoms with van der Waals surface area (Å²) < 4.78 is 1.81. The van der Waals surface area contributed by atoms with E-state index in [4.69, 9.17) is 5.73 Å². The van der Waals surface area contributed by atoms with Gasteiger partial charge in [-0.3, -0.25) is 9.48 Å². The standard InChI is InChI=1S/C12H22N4O/c1-4-9(2)11(13)12(17)14-7-5-10-6-8-15-16(10)3/h6,8-9,11H,4-5,7,13H2,1-3H3,(H,14,17)/t9-,11-/m0/s1. The summed E-state index contributed by atoms with van der Waals surface area (Å²) in [5.41, 5.74) is 6.93. The van der Waals surface area contributed by atoms with E-state index in [1.165, 1.54) is 0 Å². The summed E-state index contributed by atoms with van der Waals surface area (Å²) in [7, 11) is 1.89. The predicted octanol–water partition coefficient (Wildman–Crippen LogP) is 0.452. The molecular weight excluding hydrogens is 216 g/mol. The molecule has 0 radical (unpaired) electrons. The van der Waals surface area contributed by atoms with Crippen molar-refractivity contribution in [2.24, 2.45) is 18.7 Å². The highest BCUT2D eigenvalue weighted by Gasteiger charge is 2.18. The zero-order valence-electron chi connectivity index (χ0n) is 10.8. The summed E-state index contributed by atoms with van der Waals surface area (Å²) in [5.74, 6) is 0.147. The van der Waals surface area contributed by atoms with E-state index in [2.05, 4.69) is 10.4 Å². The van der Waals surface area contributed by atoms with Gasteiger partial charge in [0, 0.05) is 31.9 Å². The smallest absolute Gasteiger partial charge is 0.237 e. The summed E-state index contributed by atoms with van der Waals surface area (Å²) in [6.07, 6.45) is 3.44. The average Bonchev–Trinajstić information content (AvgIpc) is 2.73. The lowest BCUT2D eigenvalue weighted by molar-refractivity contribution is -0.123. The van der Waals surface area contributed by atoms with Gasteiger partial charge in [-0.05, 0) is 12.0 Å². The molecule has 0 aliphatic carbocycles. The van der Waals surface area contributed by atoms with Crippen LogP contribution in [0.5, 0.6) is 0 Å². The highest BCUT2D eigenvalue weighted by atomic mass is 16.2. The largest absolute Gasteiger partial charge is 0.354 e. The van der Waals surface area contributed by atoms with Crippen LogP contribution in [-0.2, 0) is 18.3 Å². The SMILES string of the molecule is CC[C@H](C)[C@H](N)C(=O)NCCc1ccnn1C. The van der Waals surface area contributed by atoms with Crippen molar-refractivity contribution in [2.45, 2.75) is 32.7 Å². The van der Waals surface area contributed by atoms with E-state index in [1.54, 1.807) is 10.9 Å². The number of nitrogens with two attached hydrogens (primary N) is 1. The van der Waals surface area contributed by atoms with E-state index < -0.39 is 6.04 Å². The van der Waals surface area contributed by atoms with Crippen LogP contribution in [-0.4, -0.2) is 28.3 Å². The Morgan fingerprint density at radius 2 is 2.35 bits per heavy atom. The van der Waals surface area contributed by atoms with Crippen LogP contribution in [0.25, 0.3) is 0 Å². The maximum Gasteiger partial charge on any atom is 0.237 e. The highest BCUT2D eigenvalue weighted by molar-refractivity contribution is 5.81. The first-order chi connectivity index (χ1) is 8.06. The van der Waals surface area contributed by atoms with Gasteiger partial charge in [-0.2, -0.15) is 5.10 Å². The molecule has 1 aromatic heterocycles. The second-order valence-electron chi connectivity index (χ2n) is 4.40. The van der Waals surface area contributed by atoms with Gasteiger partial charge in [0.25, 0.3) is 0 Å². The van der Waals surface area contributed by atoms with Gasteiger partial charge in [0.2, 0.25) is 5.91 Å². The van der Waals surface area contributed by atoms with E-state index >= 15 is 0 Å². The molecule has 0 saturated heterocycles. The second kappa shape index (κ2) is 6.39. The number of aromatic nitrogens is 2. The third-order valence-corrected chi connectivity index (χ3v) is 3.16. The second-order valence-corrected chi connectivity index (χ2v) is 4.40. The fraction of sp³-hybridized carbons (Fsp3) is 0.667. The van der Waals surface area contributed by atoms with E-state index in [0.29, 0.717) is 6.54 Å². The van der Waals surface area contributed by atoms with Crippen LogP contribution in [0.3, 0.4) is 0 Å². The van der Waals surface area contributed by atoms with Crippen LogP contribution in [0.4, 0.5) is 0 Å². The Balaban J connectivity index is 2.32. The summed E-state index contributed by atoms with van der Waals surface area (Å²) in [6, 6.07) is 1.53. The molecular formula is C12H22N4O. The van der Waals surface area contributed by atoms with Crippen LogP contribution < -0.4 is 11.1 Å². The fourth-order valence-electron chi connectivity index (χ4n) is 1.59.